The highest BCUT2D eigenvalue weighted by Gasteiger charge is 2.18. The first-order valence-corrected chi connectivity index (χ1v) is 7.47. The molecule has 7 heteroatoms. The normalized spacial score (nSPS) is 11.4. The predicted molar refractivity (Wildman–Crippen MR) is 88.0 cm³/mol. The second kappa shape index (κ2) is 8.21. The molecular weight excluding hydrogens is 334 g/mol. The Labute approximate surface area is 144 Å². The van der Waals surface area contributed by atoms with Crippen molar-refractivity contribution in [2.75, 3.05) is 0 Å². The summed E-state index contributed by atoms with van der Waals surface area (Å²) in [4.78, 5) is 22.0. The summed E-state index contributed by atoms with van der Waals surface area (Å²) in [5.41, 5.74) is 5.70. The minimum atomic E-state index is -1.16. The van der Waals surface area contributed by atoms with E-state index in [2.05, 4.69) is 4.74 Å². The van der Waals surface area contributed by atoms with Crippen LogP contribution in [0.5, 0.6) is 11.5 Å². The lowest BCUT2D eigenvalue weighted by molar-refractivity contribution is -0.144. The highest BCUT2D eigenvalue weighted by Crippen LogP contribution is 2.18. The van der Waals surface area contributed by atoms with Gasteiger partial charge in [-0.2, -0.15) is 0 Å². The lowest BCUT2D eigenvalue weighted by atomic mass is 10.2. The van der Waals surface area contributed by atoms with Crippen LogP contribution in [0.1, 0.15) is 12.5 Å². The molecule has 0 aromatic heterocycles. The Kier molecular flexibility index (Phi) is 6.03. The van der Waals surface area contributed by atoms with Gasteiger partial charge in [0.25, 0.3) is 0 Å². The van der Waals surface area contributed by atoms with E-state index in [0.29, 0.717) is 23.1 Å². The molecule has 6 nitrogen and oxygen atoms in total. The van der Waals surface area contributed by atoms with Gasteiger partial charge in [-0.3, -0.25) is 0 Å². The first-order valence-electron chi connectivity index (χ1n) is 7.09. The summed E-state index contributed by atoms with van der Waals surface area (Å²) in [5.74, 6) is 0.319. The Bertz CT molecular complexity index is 700. The summed E-state index contributed by atoms with van der Waals surface area (Å²) in [6.45, 7) is 1.84. The zero-order chi connectivity index (χ0) is 17.5. The third-order valence-electron chi connectivity index (χ3n) is 2.99. The molecule has 0 aliphatic carbocycles. The van der Waals surface area contributed by atoms with Crippen LogP contribution in [0, 0.1) is 0 Å². The molecule has 1 atom stereocenters. The van der Waals surface area contributed by atoms with E-state index in [1.165, 1.54) is 6.92 Å². The van der Waals surface area contributed by atoms with Crippen LogP contribution < -0.4 is 15.2 Å². The van der Waals surface area contributed by atoms with Crippen molar-refractivity contribution in [2.45, 2.75) is 19.6 Å². The van der Waals surface area contributed by atoms with Gasteiger partial charge in [0.2, 0.25) is 0 Å². The number of ether oxygens (including phenoxy) is 3. The van der Waals surface area contributed by atoms with Crippen LogP contribution in [0.15, 0.2) is 48.5 Å². The molecule has 0 bridgehead atoms. The number of esters is 1. The quantitative estimate of drug-likeness (QED) is 0.638. The fourth-order valence-electron chi connectivity index (χ4n) is 1.80. The van der Waals surface area contributed by atoms with Crippen LogP contribution in [-0.2, 0) is 16.1 Å². The minimum Gasteiger partial charge on any atom is -0.489 e. The van der Waals surface area contributed by atoms with E-state index in [1.54, 1.807) is 48.5 Å². The maximum absolute atomic E-state index is 11.4. The van der Waals surface area contributed by atoms with Gasteiger partial charge < -0.3 is 19.9 Å². The van der Waals surface area contributed by atoms with Gasteiger partial charge in [-0.05, 0) is 48.9 Å². The van der Waals surface area contributed by atoms with Crippen LogP contribution in [0.4, 0.5) is 4.79 Å². The highest BCUT2D eigenvalue weighted by atomic mass is 35.5. The fourth-order valence-corrected chi connectivity index (χ4v) is 1.92. The Morgan fingerprint density at radius 1 is 1.04 bits per heavy atom. The molecule has 1 unspecified atom stereocenters. The topological polar surface area (TPSA) is 87.8 Å². The molecule has 2 N–H and O–H groups in total. The number of hydrogen-bond donors (Lipinski definition) is 1. The van der Waals surface area contributed by atoms with Crippen LogP contribution in [0.3, 0.4) is 0 Å². The molecule has 1 amide bonds. The molecule has 0 aliphatic heterocycles. The Balaban J connectivity index is 1.87. The van der Waals surface area contributed by atoms with Gasteiger partial charge in [0, 0.05) is 5.02 Å². The summed E-state index contributed by atoms with van der Waals surface area (Å²) >= 11 is 5.81. The van der Waals surface area contributed by atoms with Crippen molar-refractivity contribution >= 4 is 23.7 Å². The first-order chi connectivity index (χ1) is 11.4. The van der Waals surface area contributed by atoms with Gasteiger partial charge in [0.05, 0.1) is 0 Å². The van der Waals surface area contributed by atoms with Gasteiger partial charge in [-0.1, -0.05) is 23.7 Å². The maximum Gasteiger partial charge on any atom is 0.412 e. The second-order valence-corrected chi connectivity index (χ2v) is 5.32. The van der Waals surface area contributed by atoms with Gasteiger partial charge in [0.1, 0.15) is 18.1 Å². The molecule has 2 aromatic carbocycles. The summed E-state index contributed by atoms with van der Waals surface area (Å²) in [5, 5.41) is 0.646. The van der Waals surface area contributed by atoms with E-state index in [-0.39, 0.29) is 0 Å². The van der Waals surface area contributed by atoms with Gasteiger partial charge >= 0.3 is 12.1 Å². The molecule has 0 spiro atoms. The van der Waals surface area contributed by atoms with Crippen LogP contribution in [0.25, 0.3) is 0 Å². The van der Waals surface area contributed by atoms with Crippen molar-refractivity contribution in [1.82, 2.24) is 0 Å². The molecule has 0 heterocycles. The highest BCUT2D eigenvalue weighted by molar-refractivity contribution is 6.30. The van der Waals surface area contributed by atoms with E-state index >= 15 is 0 Å². The molecule has 2 rings (SSSR count). The number of rotatable bonds is 6. The molecule has 0 aliphatic rings. The van der Waals surface area contributed by atoms with Crippen molar-refractivity contribution in [3.05, 3.63) is 59.1 Å². The molecule has 2 aromatic rings. The van der Waals surface area contributed by atoms with Crippen LogP contribution >= 0.6 is 11.6 Å². The van der Waals surface area contributed by atoms with Crippen molar-refractivity contribution in [1.29, 1.82) is 0 Å². The Hall–Kier alpha value is -2.73. The van der Waals surface area contributed by atoms with Gasteiger partial charge in [-0.25, -0.2) is 9.59 Å². The van der Waals surface area contributed by atoms with Crippen LogP contribution in [-0.4, -0.2) is 18.2 Å². The lowest BCUT2D eigenvalue weighted by Gasteiger charge is -2.13. The van der Waals surface area contributed by atoms with Gasteiger partial charge in [0.15, 0.2) is 6.10 Å². The number of carbonyl (C=O) groups is 2. The van der Waals surface area contributed by atoms with E-state index < -0.39 is 18.2 Å². The number of primary amides is 1. The molecule has 0 saturated heterocycles. The zero-order valence-electron chi connectivity index (χ0n) is 12.9. The van der Waals surface area contributed by atoms with Crippen molar-refractivity contribution in [3.8, 4) is 11.5 Å². The monoisotopic (exact) mass is 349 g/mol. The molecule has 0 saturated carbocycles. The first kappa shape index (κ1) is 17.6. The molecule has 24 heavy (non-hydrogen) atoms. The summed E-state index contributed by atoms with van der Waals surface area (Å²) in [6, 6.07) is 14.1. The fraction of sp³-hybridized carbons (Fsp3) is 0.176. The molecule has 0 radical (unpaired) electrons. The third-order valence-corrected chi connectivity index (χ3v) is 3.24. The summed E-state index contributed by atoms with van der Waals surface area (Å²) < 4.78 is 15.2. The number of hydrogen-bond acceptors (Lipinski definition) is 5. The van der Waals surface area contributed by atoms with E-state index in [0.717, 1.165) is 5.56 Å². The van der Waals surface area contributed by atoms with Crippen molar-refractivity contribution in [2.24, 2.45) is 5.73 Å². The smallest absolute Gasteiger partial charge is 0.412 e. The Morgan fingerprint density at radius 2 is 1.62 bits per heavy atom. The minimum absolute atomic E-state index is 0.376. The number of halogens is 1. The maximum atomic E-state index is 11.4. The number of carbonyl (C=O) groups excluding carboxylic acids is 2. The lowest BCUT2D eigenvalue weighted by Crippen LogP contribution is -2.30. The van der Waals surface area contributed by atoms with Crippen LogP contribution in [0.2, 0.25) is 5.02 Å². The number of amides is 1. The third kappa shape index (κ3) is 5.48. The SMILES string of the molecule is CC(Oc1ccc(COc2ccc(Cl)cc2)cc1)C(=O)OC(N)=O. The molecular formula is C17H16ClNO5. The predicted octanol–water partition coefficient (Wildman–Crippen LogP) is 3.31. The zero-order valence-corrected chi connectivity index (χ0v) is 13.7. The standard InChI is InChI=1S/C17H16ClNO5/c1-11(16(20)24-17(19)21)23-15-6-2-12(3-7-15)10-22-14-8-4-13(18)5-9-14/h2-9,11H,10H2,1H3,(H2,19,21). The van der Waals surface area contributed by atoms with E-state index in [4.69, 9.17) is 26.8 Å². The average molecular weight is 350 g/mol. The van der Waals surface area contributed by atoms with E-state index in [9.17, 15) is 9.59 Å². The van der Waals surface area contributed by atoms with Crippen molar-refractivity contribution in [3.63, 3.8) is 0 Å². The summed E-state index contributed by atoms with van der Waals surface area (Å²) in [6.07, 6.45) is -2.11. The van der Waals surface area contributed by atoms with E-state index in [1.807, 2.05) is 0 Å². The largest absolute Gasteiger partial charge is 0.489 e. The summed E-state index contributed by atoms with van der Waals surface area (Å²) in [7, 11) is 0. The number of nitrogens with two attached hydrogens (primary N) is 1. The van der Waals surface area contributed by atoms with Crippen molar-refractivity contribution < 1.29 is 23.8 Å². The molecule has 126 valence electrons. The second-order valence-electron chi connectivity index (χ2n) is 4.89. The van der Waals surface area contributed by atoms with Gasteiger partial charge in [-0.15, -0.1) is 0 Å². The molecule has 0 fully saturated rings. The Morgan fingerprint density at radius 3 is 2.21 bits per heavy atom. The average Bonchev–Trinajstić information content (AvgIpc) is 2.55. The number of benzene rings is 2.